The van der Waals surface area contributed by atoms with Crippen molar-refractivity contribution >= 4 is 53.4 Å². The smallest absolute Gasteiger partial charge is 0.284 e. The second-order valence-electron chi connectivity index (χ2n) is 5.55. The average Bonchev–Trinajstić information content (AvgIpc) is 2.64. The summed E-state index contributed by atoms with van der Waals surface area (Å²) in [5.41, 5.74) is 1.20. The van der Waals surface area contributed by atoms with E-state index >= 15 is 0 Å². The first-order valence-corrected chi connectivity index (χ1v) is 10.8. The number of aromatic hydroxyl groups is 1. The summed E-state index contributed by atoms with van der Waals surface area (Å²) >= 11 is 6.65. The van der Waals surface area contributed by atoms with E-state index in [-0.39, 0.29) is 16.5 Å². The van der Waals surface area contributed by atoms with Crippen molar-refractivity contribution in [3.8, 4) is 5.75 Å². The number of phenolic OH excluding ortho intramolecular Hbond substituents is 1. The highest BCUT2D eigenvalue weighted by Crippen LogP contribution is 2.20. The number of sulfonamides is 1. The second kappa shape index (κ2) is 8.24. The third-order valence-electron chi connectivity index (χ3n) is 3.57. The lowest BCUT2D eigenvalue weighted by Gasteiger charge is -2.11. The SMILES string of the molecule is O=S(=O)(/N=C(/Nc1ccc(O)cc1)c1ccc(Br)cc1)c1ccc(Br)cc1. The molecule has 0 radical (unpaired) electrons. The van der Waals surface area contributed by atoms with E-state index in [1.807, 2.05) is 0 Å². The van der Waals surface area contributed by atoms with E-state index in [1.165, 1.54) is 24.3 Å². The summed E-state index contributed by atoms with van der Waals surface area (Å²) in [5, 5.41) is 12.4. The summed E-state index contributed by atoms with van der Waals surface area (Å²) in [6, 6.07) is 19.7. The Labute approximate surface area is 174 Å². The predicted octanol–water partition coefficient (Wildman–Crippen LogP) is 5.16. The molecule has 5 nitrogen and oxygen atoms in total. The van der Waals surface area contributed by atoms with Gasteiger partial charge in [-0.3, -0.25) is 0 Å². The third-order valence-corrected chi connectivity index (χ3v) is 5.92. The number of hydrogen-bond donors (Lipinski definition) is 2. The third kappa shape index (κ3) is 5.18. The molecular weight excluding hydrogens is 496 g/mol. The van der Waals surface area contributed by atoms with Crippen LogP contribution in [-0.4, -0.2) is 19.4 Å². The number of halogens is 2. The van der Waals surface area contributed by atoms with Gasteiger partial charge in [-0.1, -0.05) is 44.0 Å². The minimum Gasteiger partial charge on any atom is -0.508 e. The molecule has 0 aliphatic heterocycles. The number of nitrogens with zero attached hydrogens (tertiary/aromatic N) is 1. The lowest BCUT2D eigenvalue weighted by molar-refractivity contribution is 0.475. The molecule has 0 amide bonds. The monoisotopic (exact) mass is 508 g/mol. The van der Waals surface area contributed by atoms with E-state index in [9.17, 15) is 13.5 Å². The molecule has 0 aromatic heterocycles. The van der Waals surface area contributed by atoms with Crippen molar-refractivity contribution < 1.29 is 13.5 Å². The van der Waals surface area contributed by atoms with Crippen molar-refractivity contribution in [1.82, 2.24) is 0 Å². The Morgan fingerprint density at radius 1 is 0.815 bits per heavy atom. The summed E-state index contributed by atoms with van der Waals surface area (Å²) < 4.78 is 31.1. The molecule has 27 heavy (non-hydrogen) atoms. The Kier molecular flexibility index (Phi) is 5.98. The standard InChI is InChI=1S/C19H14Br2N2O3S/c20-14-3-1-13(2-4-14)19(22-16-7-9-17(24)10-8-16)23-27(25,26)18-11-5-15(21)6-12-18/h1-12,24H,(H,22,23). The number of nitrogens with one attached hydrogen (secondary N) is 1. The molecule has 0 spiro atoms. The first-order chi connectivity index (χ1) is 12.8. The zero-order valence-electron chi connectivity index (χ0n) is 13.8. The molecule has 3 rings (SSSR count). The molecule has 8 heteroatoms. The van der Waals surface area contributed by atoms with Crippen molar-refractivity contribution in [3.63, 3.8) is 0 Å². The maximum absolute atomic E-state index is 12.7. The van der Waals surface area contributed by atoms with E-state index in [1.54, 1.807) is 48.5 Å². The average molecular weight is 510 g/mol. The van der Waals surface area contributed by atoms with Crippen molar-refractivity contribution in [1.29, 1.82) is 0 Å². The van der Waals surface area contributed by atoms with Gasteiger partial charge in [0.1, 0.15) is 5.75 Å². The van der Waals surface area contributed by atoms with Crippen molar-refractivity contribution in [3.05, 3.63) is 87.3 Å². The van der Waals surface area contributed by atoms with Gasteiger partial charge < -0.3 is 10.4 Å². The summed E-state index contributed by atoms with van der Waals surface area (Å²) in [6.45, 7) is 0. The lowest BCUT2D eigenvalue weighted by atomic mass is 10.2. The van der Waals surface area contributed by atoms with Gasteiger partial charge in [0.2, 0.25) is 0 Å². The van der Waals surface area contributed by atoms with E-state index in [0.29, 0.717) is 11.3 Å². The molecule has 0 saturated heterocycles. The number of benzene rings is 3. The molecule has 3 aromatic rings. The molecule has 0 unspecified atom stereocenters. The Balaban J connectivity index is 2.04. The number of amidine groups is 1. The number of phenols is 1. The summed E-state index contributed by atoms with van der Waals surface area (Å²) in [6.07, 6.45) is 0. The molecule has 138 valence electrons. The fourth-order valence-corrected chi connectivity index (χ4v) is 3.72. The van der Waals surface area contributed by atoms with Gasteiger partial charge in [-0.25, -0.2) is 0 Å². The molecule has 0 bridgehead atoms. The van der Waals surface area contributed by atoms with Crippen molar-refractivity contribution in [2.45, 2.75) is 4.90 Å². The van der Waals surface area contributed by atoms with E-state index in [4.69, 9.17) is 0 Å². The Hall–Kier alpha value is -2.16. The highest BCUT2D eigenvalue weighted by Gasteiger charge is 2.16. The molecule has 0 fully saturated rings. The Morgan fingerprint density at radius 3 is 1.89 bits per heavy atom. The fraction of sp³-hybridized carbons (Fsp3) is 0. The largest absolute Gasteiger partial charge is 0.508 e. The lowest BCUT2D eigenvalue weighted by Crippen LogP contribution is -2.16. The van der Waals surface area contributed by atoms with E-state index < -0.39 is 10.0 Å². The van der Waals surface area contributed by atoms with Gasteiger partial charge in [0.05, 0.1) is 4.90 Å². The van der Waals surface area contributed by atoms with Crippen LogP contribution in [-0.2, 0) is 10.0 Å². The van der Waals surface area contributed by atoms with Crippen molar-refractivity contribution in [2.24, 2.45) is 4.40 Å². The van der Waals surface area contributed by atoms with E-state index in [2.05, 4.69) is 41.6 Å². The molecule has 3 aromatic carbocycles. The molecule has 0 aliphatic rings. The van der Waals surface area contributed by atoms with Gasteiger partial charge in [-0.2, -0.15) is 8.42 Å². The van der Waals surface area contributed by atoms with Crippen LogP contribution in [0.15, 0.2) is 91.0 Å². The van der Waals surface area contributed by atoms with Crippen LogP contribution in [0.1, 0.15) is 5.56 Å². The Bertz CT molecular complexity index is 1060. The van der Waals surface area contributed by atoms with Crippen LogP contribution in [0.5, 0.6) is 5.75 Å². The van der Waals surface area contributed by atoms with Gasteiger partial charge >= 0.3 is 0 Å². The number of hydrogen-bond acceptors (Lipinski definition) is 3. The minimum absolute atomic E-state index is 0.0906. The van der Waals surface area contributed by atoms with E-state index in [0.717, 1.165) is 8.95 Å². The van der Waals surface area contributed by atoms with Gasteiger partial charge in [0.15, 0.2) is 5.84 Å². The fourth-order valence-electron chi connectivity index (χ4n) is 2.22. The topological polar surface area (TPSA) is 78.8 Å². The molecule has 0 saturated carbocycles. The molecular formula is C19H14Br2N2O3S. The zero-order valence-corrected chi connectivity index (χ0v) is 17.8. The maximum Gasteiger partial charge on any atom is 0.284 e. The highest BCUT2D eigenvalue weighted by atomic mass is 79.9. The van der Waals surface area contributed by atoms with Gasteiger partial charge in [-0.15, -0.1) is 4.40 Å². The van der Waals surface area contributed by atoms with Crippen LogP contribution < -0.4 is 5.32 Å². The molecule has 0 aliphatic carbocycles. The van der Waals surface area contributed by atoms with Gasteiger partial charge in [0.25, 0.3) is 10.0 Å². The van der Waals surface area contributed by atoms with Crippen LogP contribution >= 0.6 is 31.9 Å². The first-order valence-electron chi connectivity index (χ1n) is 7.76. The highest BCUT2D eigenvalue weighted by molar-refractivity contribution is 9.10. The van der Waals surface area contributed by atoms with Crippen LogP contribution in [0.2, 0.25) is 0 Å². The van der Waals surface area contributed by atoms with Crippen LogP contribution in [0.3, 0.4) is 0 Å². The van der Waals surface area contributed by atoms with Crippen molar-refractivity contribution in [2.75, 3.05) is 5.32 Å². The van der Waals surface area contributed by atoms with Crippen LogP contribution in [0.25, 0.3) is 0 Å². The summed E-state index contributed by atoms with van der Waals surface area (Å²) in [5.74, 6) is 0.293. The van der Waals surface area contributed by atoms with Gasteiger partial charge in [-0.05, 0) is 60.7 Å². The first kappa shape index (κ1) is 19.6. The van der Waals surface area contributed by atoms with Crippen LogP contribution in [0.4, 0.5) is 5.69 Å². The molecule has 2 N–H and O–H groups in total. The normalized spacial score (nSPS) is 12.0. The van der Waals surface area contributed by atoms with Gasteiger partial charge in [0, 0.05) is 20.2 Å². The molecule has 0 atom stereocenters. The quantitative estimate of drug-likeness (QED) is 0.289. The molecule has 0 heterocycles. The zero-order chi connectivity index (χ0) is 19.4. The Morgan fingerprint density at radius 2 is 1.33 bits per heavy atom. The predicted molar refractivity (Wildman–Crippen MR) is 114 cm³/mol. The second-order valence-corrected chi connectivity index (χ2v) is 8.98. The number of rotatable bonds is 4. The summed E-state index contributed by atoms with van der Waals surface area (Å²) in [7, 11) is -3.92. The number of anilines is 1. The summed E-state index contributed by atoms with van der Waals surface area (Å²) in [4.78, 5) is 0.0906. The maximum atomic E-state index is 12.7. The van der Waals surface area contributed by atoms with Crippen LogP contribution in [0, 0.1) is 0 Å². The minimum atomic E-state index is -3.92.